The van der Waals surface area contributed by atoms with Crippen LogP contribution in [0.5, 0.6) is 0 Å². The van der Waals surface area contributed by atoms with Crippen molar-refractivity contribution in [3.63, 3.8) is 0 Å². The van der Waals surface area contributed by atoms with Crippen molar-refractivity contribution in [1.29, 1.82) is 5.26 Å². The molecule has 3 rings (SSSR count). The Morgan fingerprint density at radius 3 is 2.89 bits per heavy atom. The molecule has 0 amide bonds. The zero-order chi connectivity index (χ0) is 13.1. The SMILES string of the molecule is C=CC(=O)OC1C2CC3OS(=O)(=O)C1(C#N)C3C2. The van der Waals surface area contributed by atoms with Gasteiger partial charge >= 0.3 is 5.97 Å². The Morgan fingerprint density at radius 1 is 1.56 bits per heavy atom. The molecule has 0 aromatic carbocycles. The molecule has 18 heavy (non-hydrogen) atoms. The highest BCUT2D eigenvalue weighted by Crippen LogP contribution is 2.61. The van der Waals surface area contributed by atoms with E-state index in [9.17, 15) is 18.5 Å². The van der Waals surface area contributed by atoms with Crippen molar-refractivity contribution >= 4 is 16.1 Å². The summed E-state index contributed by atoms with van der Waals surface area (Å²) in [7, 11) is -4.02. The van der Waals surface area contributed by atoms with Gasteiger partial charge in [0.25, 0.3) is 10.1 Å². The van der Waals surface area contributed by atoms with Crippen molar-refractivity contribution < 1.29 is 22.1 Å². The lowest BCUT2D eigenvalue weighted by Crippen LogP contribution is -2.51. The van der Waals surface area contributed by atoms with E-state index in [4.69, 9.17) is 8.92 Å². The summed E-state index contributed by atoms with van der Waals surface area (Å²) in [5, 5.41) is 9.33. The molecule has 0 spiro atoms. The quantitative estimate of drug-likeness (QED) is 0.401. The average Bonchev–Trinajstić information content (AvgIpc) is 2.87. The molecule has 7 heteroatoms. The third-order valence-electron chi connectivity index (χ3n) is 4.19. The van der Waals surface area contributed by atoms with Crippen LogP contribution in [-0.4, -0.2) is 31.3 Å². The molecule has 6 nitrogen and oxygen atoms in total. The van der Waals surface area contributed by atoms with Crippen LogP contribution in [0, 0.1) is 23.2 Å². The highest BCUT2D eigenvalue weighted by molar-refractivity contribution is 7.88. The molecule has 96 valence electrons. The van der Waals surface area contributed by atoms with Crippen LogP contribution in [0.3, 0.4) is 0 Å². The maximum atomic E-state index is 12.1. The third kappa shape index (κ3) is 1.10. The number of ether oxygens (including phenoxy) is 1. The van der Waals surface area contributed by atoms with E-state index < -0.39 is 33.0 Å². The van der Waals surface area contributed by atoms with Crippen molar-refractivity contribution in [2.75, 3.05) is 0 Å². The molecular weight excluding hydrogens is 258 g/mol. The summed E-state index contributed by atoms with van der Waals surface area (Å²) < 4.78 is 32.5. The van der Waals surface area contributed by atoms with Gasteiger partial charge in [0.2, 0.25) is 4.75 Å². The molecule has 3 aliphatic rings. The van der Waals surface area contributed by atoms with E-state index in [0.29, 0.717) is 12.8 Å². The second kappa shape index (κ2) is 3.33. The summed E-state index contributed by atoms with van der Waals surface area (Å²) >= 11 is 0. The molecule has 2 aliphatic carbocycles. The molecule has 1 saturated heterocycles. The van der Waals surface area contributed by atoms with Gasteiger partial charge < -0.3 is 4.74 Å². The summed E-state index contributed by atoms with van der Waals surface area (Å²) in [6.45, 7) is 3.27. The van der Waals surface area contributed by atoms with Crippen molar-refractivity contribution in [1.82, 2.24) is 0 Å². The third-order valence-corrected chi connectivity index (χ3v) is 6.14. The Kier molecular flexibility index (Phi) is 2.17. The number of fused-ring (bicyclic) bond motifs is 1. The van der Waals surface area contributed by atoms with E-state index in [-0.39, 0.29) is 11.8 Å². The number of nitrogens with zero attached hydrogens (tertiary/aromatic N) is 1. The van der Waals surface area contributed by atoms with Crippen LogP contribution in [0.1, 0.15) is 12.8 Å². The number of nitriles is 1. The first-order valence-electron chi connectivity index (χ1n) is 5.63. The lowest BCUT2D eigenvalue weighted by molar-refractivity contribution is -0.146. The number of rotatable bonds is 2. The Hall–Kier alpha value is -1.39. The Bertz CT molecular complexity index is 577. The molecule has 0 aromatic rings. The maximum absolute atomic E-state index is 12.1. The monoisotopic (exact) mass is 269 g/mol. The number of carbonyl (C=O) groups excluding carboxylic acids is 1. The molecule has 0 N–H and O–H groups in total. The molecule has 1 heterocycles. The number of hydrogen-bond acceptors (Lipinski definition) is 6. The first-order valence-corrected chi connectivity index (χ1v) is 7.04. The van der Waals surface area contributed by atoms with Crippen LogP contribution in [0.4, 0.5) is 0 Å². The second-order valence-corrected chi connectivity index (χ2v) is 6.67. The van der Waals surface area contributed by atoms with Gasteiger partial charge in [0.15, 0.2) is 0 Å². The van der Waals surface area contributed by atoms with E-state index in [1.807, 2.05) is 6.07 Å². The first-order chi connectivity index (χ1) is 8.46. The minimum Gasteiger partial charge on any atom is -0.456 e. The zero-order valence-corrected chi connectivity index (χ0v) is 10.2. The van der Waals surface area contributed by atoms with Crippen LogP contribution < -0.4 is 0 Å². The number of hydrogen-bond donors (Lipinski definition) is 0. The molecule has 2 saturated carbocycles. The molecule has 1 aliphatic heterocycles. The standard InChI is InChI=1S/C11H11NO5S/c1-2-9(13)16-10-6-3-7-8(4-6)17-18(14,15)11(7,10)5-12/h2,6-8,10H,1,3-4H2. The van der Waals surface area contributed by atoms with E-state index in [0.717, 1.165) is 6.08 Å². The average molecular weight is 269 g/mol. The largest absolute Gasteiger partial charge is 0.456 e. The maximum Gasteiger partial charge on any atom is 0.330 e. The van der Waals surface area contributed by atoms with E-state index in [1.54, 1.807) is 0 Å². The van der Waals surface area contributed by atoms with Crippen LogP contribution in [0.2, 0.25) is 0 Å². The minimum atomic E-state index is -4.02. The topological polar surface area (TPSA) is 93.5 Å². The summed E-state index contributed by atoms with van der Waals surface area (Å²) in [5.41, 5.74) is 0. The van der Waals surface area contributed by atoms with Gasteiger partial charge in [0, 0.05) is 17.9 Å². The molecule has 0 radical (unpaired) electrons. The fourth-order valence-electron chi connectivity index (χ4n) is 3.53. The van der Waals surface area contributed by atoms with Crippen molar-refractivity contribution in [3.8, 4) is 6.07 Å². The normalized spacial score (nSPS) is 46.6. The molecule has 5 atom stereocenters. The fourth-order valence-corrected chi connectivity index (χ4v) is 5.49. The molecule has 2 bridgehead atoms. The Morgan fingerprint density at radius 2 is 2.28 bits per heavy atom. The summed E-state index contributed by atoms with van der Waals surface area (Å²) in [6.07, 6.45) is 0.659. The van der Waals surface area contributed by atoms with Gasteiger partial charge in [-0.05, 0) is 12.8 Å². The van der Waals surface area contributed by atoms with Gasteiger partial charge in [0.1, 0.15) is 6.10 Å². The molecular formula is C11H11NO5S. The van der Waals surface area contributed by atoms with Crippen molar-refractivity contribution in [2.24, 2.45) is 11.8 Å². The van der Waals surface area contributed by atoms with Gasteiger partial charge in [-0.1, -0.05) is 6.58 Å². The summed E-state index contributed by atoms with van der Waals surface area (Å²) in [5.74, 6) is -1.22. The van der Waals surface area contributed by atoms with Crippen LogP contribution >= 0.6 is 0 Å². The van der Waals surface area contributed by atoms with E-state index >= 15 is 0 Å². The fraction of sp³-hybridized carbons (Fsp3) is 0.636. The summed E-state index contributed by atoms with van der Waals surface area (Å²) in [4.78, 5) is 11.3. The predicted octanol–water partition coefficient (Wildman–Crippen LogP) is 0.115. The number of carbonyl (C=O) groups is 1. The highest BCUT2D eigenvalue weighted by Gasteiger charge is 2.77. The van der Waals surface area contributed by atoms with Crippen molar-refractivity contribution in [3.05, 3.63) is 12.7 Å². The van der Waals surface area contributed by atoms with Crippen molar-refractivity contribution in [2.45, 2.75) is 29.8 Å². The van der Waals surface area contributed by atoms with Crippen LogP contribution in [0.25, 0.3) is 0 Å². The Labute approximate surface area is 104 Å². The molecule has 3 fully saturated rings. The van der Waals surface area contributed by atoms with Crippen LogP contribution in [0.15, 0.2) is 12.7 Å². The molecule has 0 aromatic heterocycles. The first kappa shape index (κ1) is 11.7. The molecule has 5 unspecified atom stereocenters. The predicted molar refractivity (Wildman–Crippen MR) is 58.4 cm³/mol. The lowest BCUT2D eigenvalue weighted by Gasteiger charge is -2.30. The van der Waals surface area contributed by atoms with E-state index in [2.05, 4.69) is 6.58 Å². The van der Waals surface area contributed by atoms with Gasteiger partial charge in [0.05, 0.1) is 12.2 Å². The van der Waals surface area contributed by atoms with Gasteiger partial charge in [-0.15, -0.1) is 0 Å². The lowest BCUT2D eigenvalue weighted by atomic mass is 9.84. The minimum absolute atomic E-state index is 0.124. The smallest absolute Gasteiger partial charge is 0.330 e. The van der Waals surface area contributed by atoms with Gasteiger partial charge in [-0.3, -0.25) is 4.18 Å². The zero-order valence-electron chi connectivity index (χ0n) is 9.40. The van der Waals surface area contributed by atoms with Crippen LogP contribution in [-0.2, 0) is 23.8 Å². The Balaban J connectivity index is 2.09. The summed E-state index contributed by atoms with van der Waals surface area (Å²) in [6, 6.07) is 1.85. The second-order valence-electron chi connectivity index (χ2n) is 4.89. The highest BCUT2D eigenvalue weighted by atomic mass is 32.2. The van der Waals surface area contributed by atoms with E-state index in [1.165, 1.54) is 0 Å². The number of esters is 1. The van der Waals surface area contributed by atoms with Gasteiger partial charge in [-0.2, -0.15) is 13.7 Å². The van der Waals surface area contributed by atoms with Gasteiger partial charge in [-0.25, -0.2) is 4.79 Å².